The fraction of sp³-hybridized carbons (Fsp3) is 0.706. The van der Waals surface area contributed by atoms with Gasteiger partial charge < -0.3 is 15.0 Å². The van der Waals surface area contributed by atoms with Gasteiger partial charge in [-0.2, -0.15) is 0 Å². The highest BCUT2D eigenvalue weighted by molar-refractivity contribution is 5.44. The van der Waals surface area contributed by atoms with E-state index in [-0.39, 0.29) is 0 Å². The second-order valence-corrected chi connectivity index (χ2v) is 6.37. The highest BCUT2D eigenvalue weighted by atomic mass is 16.5. The minimum absolute atomic E-state index is 0.617. The van der Waals surface area contributed by atoms with Crippen molar-refractivity contribution in [3.05, 3.63) is 24.5 Å². The average Bonchev–Trinajstić information content (AvgIpc) is 2.57. The van der Waals surface area contributed by atoms with Gasteiger partial charge in [0, 0.05) is 56.5 Å². The zero-order valence-corrected chi connectivity index (χ0v) is 13.0. The van der Waals surface area contributed by atoms with Crippen molar-refractivity contribution in [1.29, 1.82) is 0 Å². The summed E-state index contributed by atoms with van der Waals surface area (Å²) >= 11 is 0. The van der Waals surface area contributed by atoms with Gasteiger partial charge in [0.1, 0.15) is 0 Å². The van der Waals surface area contributed by atoms with E-state index in [1.54, 1.807) is 0 Å². The minimum atomic E-state index is 0.617. The summed E-state index contributed by atoms with van der Waals surface area (Å²) in [6.07, 6.45) is 8.65. The Kier molecular flexibility index (Phi) is 5.09. The third kappa shape index (κ3) is 3.95. The molecule has 2 saturated heterocycles. The standard InChI is InChI=1S/C17H27N3O/c1-14(15-6-12-21-13-7-15)19-16-4-10-20(11-5-16)17-2-8-18-9-3-17/h2-3,8-9,14-16,19H,4-7,10-13H2,1H3. The lowest BCUT2D eigenvalue weighted by Gasteiger charge is -2.37. The largest absolute Gasteiger partial charge is 0.381 e. The zero-order valence-electron chi connectivity index (χ0n) is 13.0. The summed E-state index contributed by atoms with van der Waals surface area (Å²) in [4.78, 5) is 6.57. The molecular weight excluding hydrogens is 262 g/mol. The van der Waals surface area contributed by atoms with Gasteiger partial charge in [0.25, 0.3) is 0 Å². The van der Waals surface area contributed by atoms with Crippen molar-refractivity contribution in [3.8, 4) is 0 Å². The normalized spacial score (nSPS) is 23.2. The molecule has 0 amide bonds. The Labute approximate surface area is 127 Å². The summed E-state index contributed by atoms with van der Waals surface area (Å²) in [6, 6.07) is 5.50. The van der Waals surface area contributed by atoms with Gasteiger partial charge in [-0.1, -0.05) is 0 Å². The molecule has 4 nitrogen and oxygen atoms in total. The zero-order chi connectivity index (χ0) is 14.5. The molecule has 1 N–H and O–H groups in total. The monoisotopic (exact) mass is 289 g/mol. The Morgan fingerprint density at radius 1 is 1.14 bits per heavy atom. The van der Waals surface area contributed by atoms with Crippen LogP contribution in [0.25, 0.3) is 0 Å². The molecule has 0 aliphatic carbocycles. The molecule has 2 aliphatic rings. The third-order valence-electron chi connectivity index (χ3n) is 4.99. The third-order valence-corrected chi connectivity index (χ3v) is 4.99. The number of pyridine rings is 1. The van der Waals surface area contributed by atoms with Crippen LogP contribution in [-0.4, -0.2) is 43.4 Å². The van der Waals surface area contributed by atoms with Gasteiger partial charge in [0.05, 0.1) is 0 Å². The molecule has 3 heterocycles. The van der Waals surface area contributed by atoms with Crippen LogP contribution in [-0.2, 0) is 4.74 Å². The Morgan fingerprint density at radius 2 is 1.81 bits per heavy atom. The molecule has 1 aromatic heterocycles. The van der Waals surface area contributed by atoms with Gasteiger partial charge in [-0.15, -0.1) is 0 Å². The Balaban J connectivity index is 1.45. The highest BCUT2D eigenvalue weighted by Gasteiger charge is 2.25. The predicted molar refractivity (Wildman–Crippen MR) is 85.6 cm³/mol. The molecule has 1 aromatic rings. The first-order valence-electron chi connectivity index (χ1n) is 8.31. The summed E-state index contributed by atoms with van der Waals surface area (Å²) < 4.78 is 5.46. The molecule has 0 aromatic carbocycles. The maximum absolute atomic E-state index is 5.46. The summed E-state index contributed by atoms with van der Waals surface area (Å²) in [7, 11) is 0. The van der Waals surface area contributed by atoms with E-state index in [1.165, 1.54) is 31.4 Å². The lowest BCUT2D eigenvalue weighted by molar-refractivity contribution is 0.0539. The molecule has 0 saturated carbocycles. The van der Waals surface area contributed by atoms with E-state index in [0.717, 1.165) is 32.2 Å². The maximum Gasteiger partial charge on any atom is 0.0469 e. The first-order chi connectivity index (χ1) is 10.3. The predicted octanol–water partition coefficient (Wildman–Crippen LogP) is 2.46. The van der Waals surface area contributed by atoms with Crippen molar-refractivity contribution in [1.82, 2.24) is 10.3 Å². The van der Waals surface area contributed by atoms with Gasteiger partial charge in [-0.05, 0) is 50.7 Å². The average molecular weight is 289 g/mol. The maximum atomic E-state index is 5.46. The second kappa shape index (κ2) is 7.23. The number of aromatic nitrogens is 1. The number of piperidine rings is 1. The van der Waals surface area contributed by atoms with Crippen LogP contribution in [0, 0.1) is 5.92 Å². The molecule has 21 heavy (non-hydrogen) atoms. The molecule has 2 aliphatic heterocycles. The quantitative estimate of drug-likeness (QED) is 0.924. The van der Waals surface area contributed by atoms with Crippen molar-refractivity contribution >= 4 is 5.69 Å². The van der Waals surface area contributed by atoms with E-state index in [0.29, 0.717) is 12.1 Å². The van der Waals surface area contributed by atoms with Gasteiger partial charge in [-0.3, -0.25) is 4.98 Å². The van der Waals surface area contributed by atoms with Gasteiger partial charge in [0.15, 0.2) is 0 Å². The van der Waals surface area contributed by atoms with E-state index in [2.05, 4.69) is 34.3 Å². The summed E-state index contributed by atoms with van der Waals surface area (Å²) in [5, 5.41) is 3.87. The van der Waals surface area contributed by atoms with Gasteiger partial charge in [0.2, 0.25) is 0 Å². The van der Waals surface area contributed by atoms with E-state index >= 15 is 0 Å². The molecule has 0 bridgehead atoms. The smallest absolute Gasteiger partial charge is 0.0469 e. The van der Waals surface area contributed by atoms with Crippen LogP contribution in [0.1, 0.15) is 32.6 Å². The number of anilines is 1. The molecule has 0 radical (unpaired) electrons. The number of hydrogen-bond acceptors (Lipinski definition) is 4. The number of ether oxygens (including phenoxy) is 1. The number of rotatable bonds is 4. The summed E-state index contributed by atoms with van der Waals surface area (Å²) in [5.74, 6) is 0.789. The van der Waals surface area contributed by atoms with Crippen LogP contribution in [0.3, 0.4) is 0 Å². The summed E-state index contributed by atoms with van der Waals surface area (Å²) in [5.41, 5.74) is 1.31. The SMILES string of the molecule is CC(NC1CCN(c2ccncc2)CC1)C1CCOCC1. The Morgan fingerprint density at radius 3 is 2.48 bits per heavy atom. The van der Waals surface area contributed by atoms with E-state index < -0.39 is 0 Å². The van der Waals surface area contributed by atoms with E-state index in [4.69, 9.17) is 4.74 Å². The molecule has 0 spiro atoms. The van der Waals surface area contributed by atoms with Crippen molar-refractivity contribution < 1.29 is 4.74 Å². The first kappa shape index (κ1) is 14.8. The highest BCUT2D eigenvalue weighted by Crippen LogP contribution is 2.22. The Bertz CT molecular complexity index is 411. The second-order valence-electron chi connectivity index (χ2n) is 6.37. The van der Waals surface area contributed by atoms with Crippen LogP contribution in [0.15, 0.2) is 24.5 Å². The van der Waals surface area contributed by atoms with Crippen LogP contribution in [0.5, 0.6) is 0 Å². The summed E-state index contributed by atoms with van der Waals surface area (Å²) in [6.45, 7) is 6.52. The fourth-order valence-electron chi connectivity index (χ4n) is 3.58. The molecule has 2 fully saturated rings. The molecule has 1 unspecified atom stereocenters. The fourth-order valence-corrected chi connectivity index (χ4v) is 3.58. The molecule has 116 valence electrons. The lowest BCUT2D eigenvalue weighted by Crippen LogP contribution is -2.48. The minimum Gasteiger partial charge on any atom is -0.381 e. The number of nitrogens with one attached hydrogen (secondary N) is 1. The van der Waals surface area contributed by atoms with E-state index in [1.807, 2.05) is 12.4 Å². The topological polar surface area (TPSA) is 37.4 Å². The van der Waals surface area contributed by atoms with Crippen LogP contribution in [0.4, 0.5) is 5.69 Å². The lowest BCUT2D eigenvalue weighted by atomic mass is 9.91. The van der Waals surface area contributed by atoms with Crippen molar-refractivity contribution in [2.24, 2.45) is 5.92 Å². The molecular formula is C17H27N3O. The van der Waals surface area contributed by atoms with Gasteiger partial charge >= 0.3 is 0 Å². The van der Waals surface area contributed by atoms with E-state index in [9.17, 15) is 0 Å². The molecule has 3 rings (SSSR count). The Hall–Kier alpha value is -1.13. The van der Waals surface area contributed by atoms with Crippen molar-refractivity contribution in [3.63, 3.8) is 0 Å². The first-order valence-corrected chi connectivity index (χ1v) is 8.31. The van der Waals surface area contributed by atoms with Crippen molar-refractivity contribution in [2.45, 2.75) is 44.7 Å². The van der Waals surface area contributed by atoms with Crippen LogP contribution >= 0.6 is 0 Å². The number of nitrogens with zero attached hydrogens (tertiary/aromatic N) is 2. The molecule has 4 heteroatoms. The molecule has 1 atom stereocenters. The van der Waals surface area contributed by atoms with Crippen molar-refractivity contribution in [2.75, 3.05) is 31.2 Å². The van der Waals surface area contributed by atoms with Gasteiger partial charge in [-0.25, -0.2) is 0 Å². The van der Waals surface area contributed by atoms with Crippen LogP contribution < -0.4 is 10.2 Å². The number of hydrogen-bond donors (Lipinski definition) is 1. The van der Waals surface area contributed by atoms with Crippen LogP contribution in [0.2, 0.25) is 0 Å².